The van der Waals surface area contributed by atoms with Gasteiger partial charge < -0.3 is 15.2 Å². The summed E-state index contributed by atoms with van der Waals surface area (Å²) in [5, 5.41) is 14.2. The van der Waals surface area contributed by atoms with Crippen LogP contribution in [0.25, 0.3) is 0 Å². The zero-order chi connectivity index (χ0) is 15.3. The molecular formula is C18H29NO2. The van der Waals surface area contributed by atoms with Crippen molar-refractivity contribution in [2.75, 3.05) is 19.8 Å². The summed E-state index contributed by atoms with van der Waals surface area (Å²) in [7, 11) is 0. The summed E-state index contributed by atoms with van der Waals surface area (Å²) in [6, 6.07) is 10.8. The van der Waals surface area contributed by atoms with Gasteiger partial charge in [-0.2, -0.15) is 0 Å². The van der Waals surface area contributed by atoms with Crippen LogP contribution in [0.4, 0.5) is 0 Å². The molecule has 1 atom stereocenters. The highest BCUT2D eigenvalue weighted by Crippen LogP contribution is 2.30. The van der Waals surface area contributed by atoms with Gasteiger partial charge in [-0.05, 0) is 17.4 Å². The van der Waals surface area contributed by atoms with Gasteiger partial charge in [0, 0.05) is 38.6 Å². The lowest BCUT2D eigenvalue weighted by atomic mass is 9.84. The van der Waals surface area contributed by atoms with Crippen LogP contribution in [0, 0.1) is 5.41 Å². The van der Waals surface area contributed by atoms with E-state index in [1.165, 1.54) is 5.56 Å². The van der Waals surface area contributed by atoms with Gasteiger partial charge in [0.1, 0.15) is 0 Å². The Morgan fingerprint density at radius 1 is 1.19 bits per heavy atom. The molecule has 21 heavy (non-hydrogen) atoms. The second kappa shape index (κ2) is 6.91. The fraction of sp³-hybridized carbons (Fsp3) is 0.667. The van der Waals surface area contributed by atoms with Crippen molar-refractivity contribution in [1.82, 2.24) is 5.32 Å². The van der Waals surface area contributed by atoms with Crippen LogP contribution in [0.3, 0.4) is 0 Å². The molecule has 2 N–H and O–H groups in total. The number of hydrogen-bond acceptors (Lipinski definition) is 3. The third-order valence-corrected chi connectivity index (χ3v) is 4.12. The first-order valence-corrected chi connectivity index (χ1v) is 7.97. The average molecular weight is 291 g/mol. The Morgan fingerprint density at radius 3 is 2.38 bits per heavy atom. The SMILES string of the molecule is CC(C)(C)CC(NCC1(O)CCOCC1)c1ccccc1. The topological polar surface area (TPSA) is 41.5 Å². The smallest absolute Gasteiger partial charge is 0.0815 e. The summed E-state index contributed by atoms with van der Waals surface area (Å²) in [5.41, 5.74) is 0.915. The van der Waals surface area contributed by atoms with E-state index in [0.717, 1.165) is 19.3 Å². The molecule has 1 aromatic carbocycles. The van der Waals surface area contributed by atoms with E-state index in [-0.39, 0.29) is 11.5 Å². The van der Waals surface area contributed by atoms with Gasteiger partial charge in [0.25, 0.3) is 0 Å². The average Bonchev–Trinajstić information content (AvgIpc) is 2.44. The van der Waals surface area contributed by atoms with E-state index >= 15 is 0 Å². The summed E-state index contributed by atoms with van der Waals surface area (Å²) >= 11 is 0. The highest BCUT2D eigenvalue weighted by Gasteiger charge is 2.31. The van der Waals surface area contributed by atoms with Crippen molar-refractivity contribution in [3.05, 3.63) is 35.9 Å². The van der Waals surface area contributed by atoms with Crippen LogP contribution in [0.1, 0.15) is 51.6 Å². The van der Waals surface area contributed by atoms with Crippen molar-refractivity contribution in [2.24, 2.45) is 5.41 Å². The van der Waals surface area contributed by atoms with Gasteiger partial charge in [0.2, 0.25) is 0 Å². The molecule has 1 aliphatic rings. The van der Waals surface area contributed by atoms with Crippen molar-refractivity contribution in [3.8, 4) is 0 Å². The van der Waals surface area contributed by atoms with E-state index in [1.807, 2.05) is 6.07 Å². The van der Waals surface area contributed by atoms with Crippen molar-refractivity contribution < 1.29 is 9.84 Å². The lowest BCUT2D eigenvalue weighted by molar-refractivity contribution is -0.0632. The van der Waals surface area contributed by atoms with Crippen LogP contribution in [-0.2, 0) is 4.74 Å². The summed E-state index contributed by atoms with van der Waals surface area (Å²) in [4.78, 5) is 0. The predicted molar refractivity (Wildman–Crippen MR) is 86.3 cm³/mol. The van der Waals surface area contributed by atoms with E-state index in [0.29, 0.717) is 19.8 Å². The van der Waals surface area contributed by atoms with Crippen molar-refractivity contribution in [1.29, 1.82) is 0 Å². The molecule has 0 spiro atoms. The second-order valence-electron chi connectivity index (χ2n) is 7.45. The number of ether oxygens (including phenoxy) is 1. The maximum atomic E-state index is 10.6. The van der Waals surface area contributed by atoms with Gasteiger partial charge in [-0.3, -0.25) is 0 Å². The van der Waals surface area contributed by atoms with Crippen LogP contribution < -0.4 is 5.32 Å². The first-order valence-electron chi connectivity index (χ1n) is 7.97. The highest BCUT2D eigenvalue weighted by atomic mass is 16.5. The Kier molecular flexibility index (Phi) is 5.42. The first-order chi connectivity index (χ1) is 9.88. The van der Waals surface area contributed by atoms with Gasteiger partial charge in [-0.1, -0.05) is 51.1 Å². The molecule has 1 saturated heterocycles. The van der Waals surface area contributed by atoms with Crippen molar-refractivity contribution >= 4 is 0 Å². The van der Waals surface area contributed by atoms with Gasteiger partial charge in [0.15, 0.2) is 0 Å². The molecular weight excluding hydrogens is 262 g/mol. The zero-order valence-corrected chi connectivity index (χ0v) is 13.6. The highest BCUT2D eigenvalue weighted by molar-refractivity contribution is 5.19. The van der Waals surface area contributed by atoms with E-state index in [2.05, 4.69) is 50.4 Å². The Labute approximate surface area is 128 Å². The standard InChI is InChI=1S/C18H29NO2/c1-17(2,3)13-16(15-7-5-4-6-8-15)19-14-18(20)9-11-21-12-10-18/h4-8,16,19-20H,9-14H2,1-3H3. The molecule has 3 heteroatoms. The molecule has 0 saturated carbocycles. The number of rotatable bonds is 5. The first kappa shape index (κ1) is 16.5. The second-order valence-corrected chi connectivity index (χ2v) is 7.45. The van der Waals surface area contributed by atoms with Crippen LogP contribution in [0.2, 0.25) is 0 Å². The minimum atomic E-state index is -0.622. The maximum absolute atomic E-state index is 10.6. The lowest BCUT2D eigenvalue weighted by Crippen LogP contribution is -2.46. The van der Waals surface area contributed by atoms with Crippen LogP contribution >= 0.6 is 0 Å². The molecule has 1 aromatic rings. The van der Waals surface area contributed by atoms with E-state index in [9.17, 15) is 5.11 Å². The van der Waals surface area contributed by atoms with Crippen LogP contribution in [0.5, 0.6) is 0 Å². The minimum absolute atomic E-state index is 0.242. The molecule has 0 radical (unpaired) electrons. The van der Waals surface area contributed by atoms with Gasteiger partial charge in [-0.15, -0.1) is 0 Å². The van der Waals surface area contributed by atoms with Gasteiger partial charge in [0.05, 0.1) is 5.60 Å². The Morgan fingerprint density at radius 2 is 1.81 bits per heavy atom. The fourth-order valence-corrected chi connectivity index (χ4v) is 2.85. The summed E-state index contributed by atoms with van der Waals surface area (Å²) in [6.45, 7) is 8.72. The molecule has 3 nitrogen and oxygen atoms in total. The van der Waals surface area contributed by atoms with E-state index < -0.39 is 5.60 Å². The molecule has 2 rings (SSSR count). The maximum Gasteiger partial charge on any atom is 0.0815 e. The Hall–Kier alpha value is -0.900. The van der Waals surface area contributed by atoms with E-state index in [4.69, 9.17) is 4.74 Å². The number of aliphatic hydroxyl groups is 1. The minimum Gasteiger partial charge on any atom is -0.388 e. The third-order valence-electron chi connectivity index (χ3n) is 4.12. The normalized spacial score (nSPS) is 20.2. The molecule has 0 bridgehead atoms. The zero-order valence-electron chi connectivity index (χ0n) is 13.6. The molecule has 1 aliphatic heterocycles. The van der Waals surface area contributed by atoms with Gasteiger partial charge >= 0.3 is 0 Å². The third kappa shape index (κ3) is 5.42. The molecule has 1 fully saturated rings. The molecule has 0 aliphatic carbocycles. The molecule has 0 amide bonds. The van der Waals surface area contributed by atoms with Crippen LogP contribution in [-0.4, -0.2) is 30.5 Å². The lowest BCUT2D eigenvalue weighted by Gasteiger charge is -2.35. The molecule has 1 heterocycles. The van der Waals surface area contributed by atoms with Gasteiger partial charge in [-0.25, -0.2) is 0 Å². The number of benzene rings is 1. The summed E-state index contributed by atoms with van der Waals surface area (Å²) in [5.74, 6) is 0. The quantitative estimate of drug-likeness (QED) is 0.874. The van der Waals surface area contributed by atoms with Crippen molar-refractivity contribution in [2.45, 2.75) is 51.7 Å². The molecule has 0 aromatic heterocycles. The summed E-state index contributed by atoms with van der Waals surface area (Å²) in [6.07, 6.45) is 2.48. The Balaban J connectivity index is 2.02. The van der Waals surface area contributed by atoms with Crippen LogP contribution in [0.15, 0.2) is 30.3 Å². The Bertz CT molecular complexity index is 419. The van der Waals surface area contributed by atoms with E-state index in [1.54, 1.807) is 0 Å². The monoisotopic (exact) mass is 291 g/mol. The largest absolute Gasteiger partial charge is 0.388 e. The molecule has 118 valence electrons. The number of nitrogens with one attached hydrogen (secondary N) is 1. The summed E-state index contributed by atoms with van der Waals surface area (Å²) < 4.78 is 5.35. The predicted octanol–water partition coefficient (Wildman–Crippen LogP) is 3.30. The number of hydrogen-bond donors (Lipinski definition) is 2. The fourth-order valence-electron chi connectivity index (χ4n) is 2.85. The van der Waals surface area contributed by atoms with Crippen molar-refractivity contribution in [3.63, 3.8) is 0 Å². The molecule has 1 unspecified atom stereocenters.